The van der Waals surface area contributed by atoms with Gasteiger partial charge in [-0.25, -0.2) is 0 Å². The quantitative estimate of drug-likeness (QED) is 0.704. The van der Waals surface area contributed by atoms with Crippen LogP contribution in [0.25, 0.3) is 0 Å². The molecule has 0 saturated heterocycles. The number of hydrogen-bond acceptors (Lipinski definition) is 3. The van der Waals surface area contributed by atoms with Crippen LogP contribution in [-0.4, -0.2) is 33.2 Å². The van der Waals surface area contributed by atoms with Crippen molar-refractivity contribution in [2.75, 3.05) is 0 Å². The maximum Gasteiger partial charge on any atom is 0.306 e. The molecule has 0 heterocycles. The third-order valence-electron chi connectivity index (χ3n) is 1.64. The average Bonchev–Trinajstić information content (AvgIpc) is 2.19. The van der Waals surface area contributed by atoms with Crippen LogP contribution in [0.3, 0.4) is 0 Å². The monoisotopic (exact) mass is 250 g/mol. The molecule has 0 spiro atoms. The fourth-order valence-corrected chi connectivity index (χ4v) is 0.638. The Morgan fingerprint density at radius 1 is 0.941 bits per heavy atom. The van der Waals surface area contributed by atoms with E-state index in [2.05, 4.69) is 0 Å². The van der Waals surface area contributed by atoms with Crippen molar-refractivity contribution >= 4 is 17.9 Å². The van der Waals surface area contributed by atoms with Crippen LogP contribution in [-0.2, 0) is 14.4 Å². The highest BCUT2D eigenvalue weighted by Gasteiger charge is 2.10. The zero-order valence-electron chi connectivity index (χ0n) is 10.8. The molecule has 0 aliphatic heterocycles. The highest BCUT2D eigenvalue weighted by Crippen LogP contribution is 2.05. The molecule has 0 aromatic carbocycles. The van der Waals surface area contributed by atoms with E-state index in [1.54, 1.807) is 6.92 Å². The van der Waals surface area contributed by atoms with Crippen LogP contribution in [0.2, 0.25) is 0 Å². The second-order valence-electron chi connectivity index (χ2n) is 3.12. The summed E-state index contributed by atoms with van der Waals surface area (Å²) < 4.78 is 0. The van der Waals surface area contributed by atoms with Gasteiger partial charge >= 0.3 is 11.9 Å². The molecular weight excluding hydrogens is 228 g/mol. The number of carboxylic acid groups (broad SMARTS) is 3. The largest absolute Gasteiger partial charge is 0.481 e. The van der Waals surface area contributed by atoms with Gasteiger partial charge in [-0.2, -0.15) is 0 Å². The summed E-state index contributed by atoms with van der Waals surface area (Å²) in [6.45, 7) is 6.47. The Bertz CT molecular complexity index is 216. The highest BCUT2D eigenvalue weighted by molar-refractivity contribution is 5.69. The Labute approximate surface area is 101 Å². The second-order valence-corrected chi connectivity index (χ2v) is 3.12. The second kappa shape index (κ2) is 14.4. The van der Waals surface area contributed by atoms with Crippen molar-refractivity contribution < 1.29 is 29.7 Å². The first-order valence-electron chi connectivity index (χ1n) is 5.36. The summed E-state index contributed by atoms with van der Waals surface area (Å²) in [5, 5.41) is 23.5. The summed E-state index contributed by atoms with van der Waals surface area (Å²) in [6, 6.07) is 0. The first-order chi connectivity index (χ1) is 7.72. The Morgan fingerprint density at radius 2 is 1.18 bits per heavy atom. The van der Waals surface area contributed by atoms with Crippen LogP contribution >= 0.6 is 0 Å². The molecule has 0 rings (SSSR count). The SMILES string of the molecule is CC(=O)O.CCC(=O)O.CCC(CC)C(=O)O. The van der Waals surface area contributed by atoms with Crippen molar-refractivity contribution in [2.45, 2.75) is 47.0 Å². The number of rotatable bonds is 4. The van der Waals surface area contributed by atoms with Gasteiger partial charge in [-0.1, -0.05) is 20.8 Å². The van der Waals surface area contributed by atoms with E-state index in [1.807, 2.05) is 13.8 Å². The zero-order chi connectivity index (χ0) is 14.4. The maximum absolute atomic E-state index is 10.2. The molecule has 0 unspecified atom stereocenters. The normalized spacial score (nSPS) is 8.29. The summed E-state index contributed by atoms with van der Waals surface area (Å²) in [6.07, 6.45) is 1.71. The van der Waals surface area contributed by atoms with Crippen LogP contribution in [0.4, 0.5) is 0 Å². The topological polar surface area (TPSA) is 112 Å². The Morgan fingerprint density at radius 3 is 1.18 bits per heavy atom. The standard InChI is InChI=1S/C6H12O2.C3H6O2.C2H4O2/c1-3-5(4-2)6(7)8;1-2-3(4)5;1-2(3)4/h5H,3-4H2,1-2H3,(H,7,8);2H2,1H3,(H,4,5);1H3,(H,3,4). The van der Waals surface area contributed by atoms with Gasteiger partial charge in [0.2, 0.25) is 0 Å². The van der Waals surface area contributed by atoms with E-state index in [1.165, 1.54) is 0 Å². The third kappa shape index (κ3) is 31.4. The third-order valence-corrected chi connectivity index (χ3v) is 1.64. The Kier molecular flexibility index (Phi) is 17.6. The number of aliphatic carboxylic acids is 3. The fraction of sp³-hybridized carbons (Fsp3) is 0.727. The van der Waals surface area contributed by atoms with E-state index < -0.39 is 17.9 Å². The maximum atomic E-state index is 10.2. The first-order valence-corrected chi connectivity index (χ1v) is 5.36. The lowest BCUT2D eigenvalue weighted by atomic mass is 10.1. The zero-order valence-corrected chi connectivity index (χ0v) is 10.8. The van der Waals surface area contributed by atoms with Crippen LogP contribution in [0, 0.1) is 5.92 Å². The number of carboxylic acids is 3. The molecule has 0 saturated carbocycles. The van der Waals surface area contributed by atoms with Gasteiger partial charge < -0.3 is 15.3 Å². The van der Waals surface area contributed by atoms with Crippen molar-refractivity contribution in [3.63, 3.8) is 0 Å². The minimum atomic E-state index is -0.833. The molecule has 102 valence electrons. The van der Waals surface area contributed by atoms with Crippen LogP contribution in [0.5, 0.6) is 0 Å². The summed E-state index contributed by atoms with van der Waals surface area (Å²) in [7, 11) is 0. The summed E-state index contributed by atoms with van der Waals surface area (Å²) >= 11 is 0. The molecule has 0 aromatic heterocycles. The van der Waals surface area contributed by atoms with Gasteiger partial charge in [0.25, 0.3) is 5.97 Å². The predicted molar refractivity (Wildman–Crippen MR) is 62.9 cm³/mol. The highest BCUT2D eigenvalue weighted by atomic mass is 16.4. The Hall–Kier alpha value is -1.59. The molecule has 0 fully saturated rings. The van der Waals surface area contributed by atoms with Crippen molar-refractivity contribution in [1.29, 1.82) is 0 Å². The van der Waals surface area contributed by atoms with E-state index in [0.717, 1.165) is 19.8 Å². The van der Waals surface area contributed by atoms with E-state index in [4.69, 9.17) is 20.1 Å². The van der Waals surface area contributed by atoms with Gasteiger partial charge in [-0.05, 0) is 12.8 Å². The van der Waals surface area contributed by atoms with Crippen molar-refractivity contribution in [2.24, 2.45) is 5.92 Å². The molecule has 0 bridgehead atoms. The van der Waals surface area contributed by atoms with Crippen molar-refractivity contribution in [3.05, 3.63) is 0 Å². The lowest BCUT2D eigenvalue weighted by molar-refractivity contribution is -0.142. The van der Waals surface area contributed by atoms with E-state index >= 15 is 0 Å². The van der Waals surface area contributed by atoms with Gasteiger partial charge in [0.1, 0.15) is 0 Å². The molecule has 6 nitrogen and oxygen atoms in total. The summed E-state index contributed by atoms with van der Waals surface area (Å²) in [5.41, 5.74) is 0. The van der Waals surface area contributed by atoms with E-state index in [-0.39, 0.29) is 12.3 Å². The number of carbonyl (C=O) groups is 3. The molecule has 0 radical (unpaired) electrons. The minimum absolute atomic E-state index is 0.130. The molecule has 17 heavy (non-hydrogen) atoms. The lowest BCUT2D eigenvalue weighted by Gasteiger charge is -2.02. The molecule has 3 N–H and O–H groups in total. The van der Waals surface area contributed by atoms with E-state index in [9.17, 15) is 9.59 Å². The van der Waals surface area contributed by atoms with Crippen molar-refractivity contribution in [1.82, 2.24) is 0 Å². The van der Waals surface area contributed by atoms with Gasteiger partial charge in [-0.15, -0.1) is 0 Å². The smallest absolute Gasteiger partial charge is 0.306 e. The molecular formula is C11H22O6. The molecule has 0 atom stereocenters. The van der Waals surface area contributed by atoms with Gasteiger partial charge in [-0.3, -0.25) is 14.4 Å². The summed E-state index contributed by atoms with van der Waals surface area (Å²) in [4.78, 5) is 28.5. The van der Waals surface area contributed by atoms with Crippen molar-refractivity contribution in [3.8, 4) is 0 Å². The lowest BCUT2D eigenvalue weighted by Crippen LogP contribution is -2.10. The molecule has 0 aliphatic carbocycles. The average molecular weight is 250 g/mol. The predicted octanol–water partition coefficient (Wildman–Crippen LogP) is 2.08. The fourth-order valence-electron chi connectivity index (χ4n) is 0.638. The summed E-state index contributed by atoms with van der Waals surface area (Å²) in [5.74, 6) is -2.38. The Balaban J connectivity index is -0.000000188. The molecule has 0 amide bonds. The van der Waals surface area contributed by atoms with Crippen LogP contribution in [0.1, 0.15) is 47.0 Å². The van der Waals surface area contributed by atoms with Gasteiger partial charge in [0.15, 0.2) is 0 Å². The molecule has 0 aromatic rings. The number of hydrogen-bond donors (Lipinski definition) is 3. The van der Waals surface area contributed by atoms with Gasteiger partial charge in [0, 0.05) is 13.3 Å². The van der Waals surface area contributed by atoms with Crippen LogP contribution < -0.4 is 0 Å². The molecule has 0 aliphatic rings. The molecule has 6 heteroatoms. The van der Waals surface area contributed by atoms with Crippen LogP contribution in [0.15, 0.2) is 0 Å². The van der Waals surface area contributed by atoms with E-state index in [0.29, 0.717) is 0 Å². The van der Waals surface area contributed by atoms with Gasteiger partial charge in [0.05, 0.1) is 5.92 Å². The minimum Gasteiger partial charge on any atom is -0.481 e. The first kappa shape index (κ1) is 20.8.